The van der Waals surface area contributed by atoms with Gasteiger partial charge >= 0.3 is 0 Å². The van der Waals surface area contributed by atoms with Crippen molar-refractivity contribution in [1.29, 1.82) is 0 Å². The van der Waals surface area contributed by atoms with E-state index in [1.165, 1.54) is 12.1 Å². The minimum atomic E-state index is -3.32. The Balaban J connectivity index is 3.21. The highest BCUT2D eigenvalue weighted by molar-refractivity contribution is 7.90. The molecule has 0 aliphatic heterocycles. The number of rotatable bonds is 3. The monoisotopic (exact) mass is 249 g/mol. The molecule has 0 spiro atoms. The Hall–Kier alpha value is -0.620. The van der Waals surface area contributed by atoms with Gasteiger partial charge in [-0.1, -0.05) is 17.7 Å². The molecule has 0 aliphatic rings. The van der Waals surface area contributed by atoms with Gasteiger partial charge in [0.15, 0.2) is 9.84 Å². The Kier molecular flexibility index (Phi) is 3.72. The quantitative estimate of drug-likeness (QED) is 0.828. The summed E-state index contributed by atoms with van der Waals surface area (Å²) in [6.45, 7) is -0.214. The average molecular weight is 250 g/mol. The zero-order valence-electron chi connectivity index (χ0n) is 8.14. The van der Waals surface area contributed by atoms with Crippen LogP contribution in [0, 0.1) is 0 Å². The minimum absolute atomic E-state index is 0.0676. The van der Waals surface area contributed by atoms with E-state index in [0.717, 1.165) is 6.26 Å². The van der Waals surface area contributed by atoms with E-state index in [0.29, 0.717) is 5.56 Å². The molecule has 1 rings (SSSR count). The van der Waals surface area contributed by atoms with E-state index in [9.17, 15) is 8.42 Å². The van der Waals surface area contributed by atoms with Crippen molar-refractivity contribution in [3.05, 3.63) is 28.8 Å². The second kappa shape index (κ2) is 4.49. The zero-order valence-corrected chi connectivity index (χ0v) is 9.72. The van der Waals surface area contributed by atoms with E-state index in [1.807, 2.05) is 0 Å². The number of benzene rings is 1. The van der Waals surface area contributed by atoms with E-state index in [-0.39, 0.29) is 16.5 Å². The second-order valence-corrected chi connectivity index (χ2v) is 5.64. The summed E-state index contributed by atoms with van der Waals surface area (Å²) in [5, 5.41) is 8.95. The number of nitrogens with two attached hydrogens (primary N) is 1. The summed E-state index contributed by atoms with van der Waals surface area (Å²) in [5.41, 5.74) is 6.17. The van der Waals surface area contributed by atoms with Gasteiger partial charge in [0.2, 0.25) is 0 Å². The van der Waals surface area contributed by atoms with Crippen molar-refractivity contribution >= 4 is 21.4 Å². The average Bonchev–Trinajstić information content (AvgIpc) is 2.14. The molecule has 3 N–H and O–H groups in total. The second-order valence-electron chi connectivity index (χ2n) is 3.25. The lowest BCUT2D eigenvalue weighted by atomic mass is 10.1. The third-order valence-corrected chi connectivity index (χ3v) is 3.56. The van der Waals surface area contributed by atoms with Crippen LogP contribution in [0.25, 0.3) is 0 Å². The lowest BCUT2D eigenvalue weighted by molar-refractivity contribution is 0.268. The standard InChI is InChI=1S/C9H12ClNO3S/c1-15(13,14)9-3-2-6(4-7(9)10)8(11)5-12/h2-4,8,12H,5,11H2,1H3. The largest absolute Gasteiger partial charge is 0.394 e. The van der Waals surface area contributed by atoms with Crippen LogP contribution in [0.5, 0.6) is 0 Å². The van der Waals surface area contributed by atoms with Gasteiger partial charge in [0.1, 0.15) is 0 Å². The maximum absolute atomic E-state index is 11.2. The summed E-state index contributed by atoms with van der Waals surface area (Å²) >= 11 is 5.80. The summed E-state index contributed by atoms with van der Waals surface area (Å²) < 4.78 is 22.5. The number of hydrogen-bond donors (Lipinski definition) is 2. The van der Waals surface area contributed by atoms with E-state index in [4.69, 9.17) is 22.4 Å². The van der Waals surface area contributed by atoms with E-state index in [2.05, 4.69) is 0 Å². The first kappa shape index (κ1) is 12.4. The highest BCUT2D eigenvalue weighted by Crippen LogP contribution is 2.24. The van der Waals surface area contributed by atoms with Crippen LogP contribution in [0.4, 0.5) is 0 Å². The van der Waals surface area contributed by atoms with Crippen molar-refractivity contribution in [1.82, 2.24) is 0 Å². The molecule has 0 aromatic heterocycles. The third-order valence-electron chi connectivity index (χ3n) is 1.98. The van der Waals surface area contributed by atoms with Crippen molar-refractivity contribution in [3.8, 4) is 0 Å². The van der Waals surface area contributed by atoms with Crippen LogP contribution < -0.4 is 5.73 Å². The van der Waals surface area contributed by atoms with Gasteiger partial charge in [-0.2, -0.15) is 0 Å². The molecule has 4 nitrogen and oxygen atoms in total. The molecule has 1 aromatic rings. The molecule has 1 atom stereocenters. The smallest absolute Gasteiger partial charge is 0.176 e. The fourth-order valence-electron chi connectivity index (χ4n) is 1.15. The molecule has 84 valence electrons. The van der Waals surface area contributed by atoms with Crippen LogP contribution in [-0.2, 0) is 9.84 Å². The minimum Gasteiger partial charge on any atom is -0.394 e. The van der Waals surface area contributed by atoms with Crippen LogP contribution in [0.15, 0.2) is 23.1 Å². The SMILES string of the molecule is CS(=O)(=O)c1ccc(C(N)CO)cc1Cl. The zero-order chi connectivity index (χ0) is 11.6. The first-order valence-electron chi connectivity index (χ1n) is 4.22. The molecule has 15 heavy (non-hydrogen) atoms. The predicted molar refractivity (Wildman–Crippen MR) is 58.6 cm³/mol. The van der Waals surface area contributed by atoms with Crippen molar-refractivity contribution in [2.45, 2.75) is 10.9 Å². The predicted octanol–water partition coefficient (Wildman–Crippen LogP) is 0.736. The van der Waals surface area contributed by atoms with Crippen LogP contribution >= 0.6 is 11.6 Å². The lowest BCUT2D eigenvalue weighted by Crippen LogP contribution is -2.14. The highest BCUT2D eigenvalue weighted by Gasteiger charge is 2.14. The Morgan fingerprint density at radius 1 is 1.53 bits per heavy atom. The number of halogens is 1. The first-order chi connectivity index (χ1) is 6.86. The van der Waals surface area contributed by atoms with Gasteiger partial charge in [-0.05, 0) is 17.7 Å². The third kappa shape index (κ3) is 2.92. The number of aliphatic hydroxyl groups is 1. The molecule has 1 aromatic carbocycles. The summed E-state index contributed by atoms with van der Waals surface area (Å²) in [5.74, 6) is 0. The summed E-state index contributed by atoms with van der Waals surface area (Å²) in [6.07, 6.45) is 1.08. The number of aliphatic hydroxyl groups excluding tert-OH is 1. The summed E-state index contributed by atoms with van der Waals surface area (Å²) in [7, 11) is -3.32. The van der Waals surface area contributed by atoms with Gasteiger partial charge in [0, 0.05) is 6.26 Å². The molecule has 0 aliphatic carbocycles. The van der Waals surface area contributed by atoms with Gasteiger partial charge in [-0.25, -0.2) is 8.42 Å². The summed E-state index contributed by atoms with van der Waals surface area (Å²) in [6, 6.07) is 3.85. The normalized spacial score (nSPS) is 13.9. The fraction of sp³-hybridized carbons (Fsp3) is 0.333. The summed E-state index contributed by atoms with van der Waals surface area (Å²) in [4.78, 5) is 0.0676. The van der Waals surface area contributed by atoms with E-state index < -0.39 is 15.9 Å². The topological polar surface area (TPSA) is 80.4 Å². The van der Waals surface area contributed by atoms with Crippen LogP contribution in [0.1, 0.15) is 11.6 Å². The van der Waals surface area contributed by atoms with Crippen LogP contribution in [0.3, 0.4) is 0 Å². The van der Waals surface area contributed by atoms with Crippen molar-refractivity contribution in [3.63, 3.8) is 0 Å². The van der Waals surface area contributed by atoms with Gasteiger partial charge in [-0.15, -0.1) is 0 Å². The number of hydrogen-bond acceptors (Lipinski definition) is 4. The maximum Gasteiger partial charge on any atom is 0.176 e. The molecule has 1 unspecified atom stereocenters. The van der Waals surface area contributed by atoms with Gasteiger partial charge < -0.3 is 10.8 Å². The maximum atomic E-state index is 11.2. The molecule has 0 saturated carbocycles. The molecular formula is C9H12ClNO3S. The van der Waals surface area contributed by atoms with Gasteiger partial charge in [-0.3, -0.25) is 0 Å². The lowest BCUT2D eigenvalue weighted by Gasteiger charge is -2.10. The van der Waals surface area contributed by atoms with E-state index >= 15 is 0 Å². The van der Waals surface area contributed by atoms with Gasteiger partial charge in [0.05, 0.1) is 22.6 Å². The molecule has 0 heterocycles. The first-order valence-corrected chi connectivity index (χ1v) is 6.49. The molecule has 0 saturated heterocycles. The fourth-order valence-corrected chi connectivity index (χ4v) is 2.49. The molecule has 6 heteroatoms. The Bertz CT molecular complexity index is 458. The van der Waals surface area contributed by atoms with Crippen molar-refractivity contribution in [2.24, 2.45) is 5.73 Å². The van der Waals surface area contributed by atoms with Gasteiger partial charge in [0.25, 0.3) is 0 Å². The van der Waals surface area contributed by atoms with E-state index in [1.54, 1.807) is 6.07 Å². The molecular weight excluding hydrogens is 238 g/mol. The molecule has 0 amide bonds. The highest BCUT2D eigenvalue weighted by atomic mass is 35.5. The Morgan fingerprint density at radius 2 is 2.13 bits per heavy atom. The Labute approximate surface area is 93.6 Å². The number of sulfone groups is 1. The Morgan fingerprint density at radius 3 is 2.53 bits per heavy atom. The van der Waals surface area contributed by atoms with Crippen LogP contribution in [0.2, 0.25) is 5.02 Å². The molecule has 0 fully saturated rings. The van der Waals surface area contributed by atoms with Crippen molar-refractivity contribution < 1.29 is 13.5 Å². The van der Waals surface area contributed by atoms with Crippen molar-refractivity contribution in [2.75, 3.05) is 12.9 Å². The molecule has 0 bridgehead atoms. The van der Waals surface area contributed by atoms with Crippen LogP contribution in [-0.4, -0.2) is 26.4 Å². The molecule has 0 radical (unpaired) electrons.